The quantitative estimate of drug-likeness (QED) is 0.563. The molecule has 1 N–H and O–H groups in total. The summed E-state index contributed by atoms with van der Waals surface area (Å²) in [6, 6.07) is 6.03. The molecule has 4 nitrogen and oxygen atoms in total. The van der Waals surface area contributed by atoms with Crippen molar-refractivity contribution in [2.24, 2.45) is 0 Å². The number of methoxy groups -OCH3 is 2. The van der Waals surface area contributed by atoms with Crippen LogP contribution in [0.15, 0.2) is 18.2 Å². The summed E-state index contributed by atoms with van der Waals surface area (Å²) < 4.78 is 16.5. The van der Waals surface area contributed by atoms with Crippen LogP contribution in [0.1, 0.15) is 44.6 Å². The lowest BCUT2D eigenvalue weighted by Crippen LogP contribution is -2.19. The first-order chi connectivity index (χ1) is 10.8. The third-order valence-electron chi connectivity index (χ3n) is 3.57. The second-order valence-electron chi connectivity index (χ2n) is 5.38. The Balaban J connectivity index is 2.49. The maximum absolute atomic E-state index is 6.00. The minimum Gasteiger partial charge on any atom is -0.493 e. The lowest BCUT2D eigenvalue weighted by Gasteiger charge is -2.15. The fourth-order valence-corrected chi connectivity index (χ4v) is 2.30. The number of nitrogens with one attached hydrogen (secondary N) is 1. The lowest BCUT2D eigenvalue weighted by molar-refractivity contribution is 0.199. The van der Waals surface area contributed by atoms with E-state index < -0.39 is 0 Å². The molecule has 0 atom stereocenters. The number of para-hydroxylation sites is 1. The Bertz CT molecular complexity index is 396. The summed E-state index contributed by atoms with van der Waals surface area (Å²) in [5, 5.41) is 3.35. The summed E-state index contributed by atoms with van der Waals surface area (Å²) in [6.07, 6.45) is 6.18. The highest BCUT2D eigenvalue weighted by Gasteiger charge is 2.10. The zero-order valence-corrected chi connectivity index (χ0v) is 14.3. The molecule has 0 aliphatic heterocycles. The highest BCUT2D eigenvalue weighted by molar-refractivity contribution is 5.46. The molecule has 0 amide bonds. The van der Waals surface area contributed by atoms with Gasteiger partial charge in [-0.3, -0.25) is 0 Å². The van der Waals surface area contributed by atoms with Crippen molar-refractivity contribution >= 4 is 0 Å². The number of hydrogen-bond donors (Lipinski definition) is 1. The second kappa shape index (κ2) is 12.3. The number of unbranched alkanes of at least 4 members (excludes halogenated alkanes) is 4. The van der Waals surface area contributed by atoms with Crippen molar-refractivity contribution in [3.05, 3.63) is 23.8 Å². The van der Waals surface area contributed by atoms with E-state index >= 15 is 0 Å². The summed E-state index contributed by atoms with van der Waals surface area (Å²) in [6.45, 7) is 5.26. The van der Waals surface area contributed by atoms with Gasteiger partial charge in [0, 0.05) is 25.8 Å². The average Bonchev–Trinajstić information content (AvgIpc) is 2.55. The maximum Gasteiger partial charge on any atom is 0.165 e. The molecule has 0 aromatic heterocycles. The molecule has 0 aliphatic carbocycles. The van der Waals surface area contributed by atoms with E-state index in [-0.39, 0.29) is 0 Å². The molecule has 0 saturated heterocycles. The summed E-state index contributed by atoms with van der Waals surface area (Å²) in [4.78, 5) is 0. The Morgan fingerprint density at radius 2 is 1.82 bits per heavy atom. The molecule has 1 rings (SSSR count). The van der Waals surface area contributed by atoms with E-state index in [1.165, 1.54) is 25.7 Å². The van der Waals surface area contributed by atoms with E-state index in [0.717, 1.165) is 43.2 Å². The van der Waals surface area contributed by atoms with Gasteiger partial charge in [0.2, 0.25) is 0 Å². The number of hydrogen-bond acceptors (Lipinski definition) is 4. The topological polar surface area (TPSA) is 39.7 Å². The first-order valence-corrected chi connectivity index (χ1v) is 8.31. The highest BCUT2D eigenvalue weighted by Crippen LogP contribution is 2.31. The molecule has 22 heavy (non-hydrogen) atoms. The van der Waals surface area contributed by atoms with E-state index in [4.69, 9.17) is 14.2 Å². The molecule has 1 aromatic carbocycles. The van der Waals surface area contributed by atoms with Crippen LogP contribution in [0.2, 0.25) is 0 Å². The van der Waals surface area contributed by atoms with Crippen molar-refractivity contribution in [1.29, 1.82) is 0 Å². The Hall–Kier alpha value is -1.26. The fraction of sp³-hybridized carbons (Fsp3) is 0.667. The molecule has 0 fully saturated rings. The average molecular weight is 309 g/mol. The van der Waals surface area contributed by atoms with Gasteiger partial charge >= 0.3 is 0 Å². The van der Waals surface area contributed by atoms with Gasteiger partial charge in [-0.05, 0) is 12.5 Å². The van der Waals surface area contributed by atoms with E-state index in [1.807, 2.05) is 12.1 Å². The summed E-state index contributed by atoms with van der Waals surface area (Å²) in [5.74, 6) is 1.67. The predicted molar refractivity (Wildman–Crippen MR) is 90.8 cm³/mol. The van der Waals surface area contributed by atoms with Crippen LogP contribution in [-0.2, 0) is 11.3 Å². The Kier molecular flexibility index (Phi) is 10.5. The largest absolute Gasteiger partial charge is 0.493 e. The summed E-state index contributed by atoms with van der Waals surface area (Å²) >= 11 is 0. The van der Waals surface area contributed by atoms with Gasteiger partial charge in [-0.1, -0.05) is 44.7 Å². The van der Waals surface area contributed by atoms with Gasteiger partial charge in [0.05, 0.1) is 20.3 Å². The smallest absolute Gasteiger partial charge is 0.165 e. The molecule has 0 spiro atoms. The minimum atomic E-state index is 0.706. The van der Waals surface area contributed by atoms with Gasteiger partial charge in [0.1, 0.15) is 0 Å². The van der Waals surface area contributed by atoms with Crippen molar-refractivity contribution in [1.82, 2.24) is 5.32 Å². The summed E-state index contributed by atoms with van der Waals surface area (Å²) in [5.41, 5.74) is 1.13. The fourth-order valence-electron chi connectivity index (χ4n) is 2.30. The maximum atomic E-state index is 6.00. The second-order valence-corrected chi connectivity index (χ2v) is 5.38. The molecule has 0 unspecified atom stereocenters. The number of rotatable bonds is 13. The van der Waals surface area contributed by atoms with Crippen LogP contribution in [0, 0.1) is 0 Å². The number of benzene rings is 1. The molecule has 1 aromatic rings. The van der Waals surface area contributed by atoms with Gasteiger partial charge in [-0.15, -0.1) is 0 Å². The van der Waals surface area contributed by atoms with Crippen LogP contribution in [0.4, 0.5) is 0 Å². The molecular weight excluding hydrogens is 278 g/mol. The molecular formula is C18H31NO3. The Morgan fingerprint density at radius 1 is 1.00 bits per heavy atom. The molecule has 126 valence electrons. The Labute approximate surface area is 135 Å². The summed E-state index contributed by atoms with van der Waals surface area (Å²) in [7, 11) is 3.39. The van der Waals surface area contributed by atoms with E-state index in [1.54, 1.807) is 14.2 Å². The predicted octanol–water partition coefficient (Wildman–Crippen LogP) is 3.78. The molecule has 0 aliphatic rings. The molecule has 0 radical (unpaired) electrons. The normalized spacial score (nSPS) is 10.7. The first-order valence-electron chi connectivity index (χ1n) is 8.31. The van der Waals surface area contributed by atoms with Crippen LogP contribution < -0.4 is 14.8 Å². The zero-order chi connectivity index (χ0) is 16.0. The van der Waals surface area contributed by atoms with Crippen molar-refractivity contribution in [2.75, 3.05) is 34.0 Å². The van der Waals surface area contributed by atoms with Gasteiger partial charge in [-0.25, -0.2) is 0 Å². The van der Waals surface area contributed by atoms with Gasteiger partial charge < -0.3 is 19.5 Å². The monoisotopic (exact) mass is 309 g/mol. The molecule has 4 heteroatoms. The lowest BCUT2D eigenvalue weighted by atomic mass is 10.1. The third-order valence-corrected chi connectivity index (χ3v) is 3.57. The van der Waals surface area contributed by atoms with E-state index in [9.17, 15) is 0 Å². The van der Waals surface area contributed by atoms with Crippen LogP contribution in [0.25, 0.3) is 0 Å². The standard InChI is InChI=1S/C18H31NO3/c1-4-5-6-7-8-13-22-18-16(15-19-12-14-20-2)10-9-11-17(18)21-3/h9-11,19H,4-8,12-15H2,1-3H3. The number of ether oxygens (including phenoxy) is 3. The van der Waals surface area contributed by atoms with Crippen LogP contribution >= 0.6 is 0 Å². The zero-order valence-electron chi connectivity index (χ0n) is 14.3. The molecule has 0 heterocycles. The van der Waals surface area contributed by atoms with Crippen molar-refractivity contribution in [3.8, 4) is 11.5 Å². The molecule has 0 saturated carbocycles. The van der Waals surface area contributed by atoms with E-state index in [2.05, 4.69) is 18.3 Å². The van der Waals surface area contributed by atoms with Gasteiger partial charge in [0.25, 0.3) is 0 Å². The van der Waals surface area contributed by atoms with Crippen molar-refractivity contribution in [3.63, 3.8) is 0 Å². The van der Waals surface area contributed by atoms with Crippen LogP contribution in [0.3, 0.4) is 0 Å². The minimum absolute atomic E-state index is 0.706. The third kappa shape index (κ3) is 7.14. The first kappa shape index (κ1) is 18.8. The Morgan fingerprint density at radius 3 is 2.55 bits per heavy atom. The van der Waals surface area contributed by atoms with Crippen LogP contribution in [0.5, 0.6) is 11.5 Å². The van der Waals surface area contributed by atoms with Gasteiger partial charge in [-0.2, -0.15) is 0 Å². The van der Waals surface area contributed by atoms with Crippen LogP contribution in [-0.4, -0.2) is 34.0 Å². The van der Waals surface area contributed by atoms with Crippen molar-refractivity contribution < 1.29 is 14.2 Å². The van der Waals surface area contributed by atoms with Crippen molar-refractivity contribution in [2.45, 2.75) is 45.6 Å². The van der Waals surface area contributed by atoms with Gasteiger partial charge in [0.15, 0.2) is 11.5 Å². The molecule has 0 bridgehead atoms. The SMILES string of the molecule is CCCCCCCOc1c(CNCCOC)cccc1OC. The highest BCUT2D eigenvalue weighted by atomic mass is 16.5. The van der Waals surface area contributed by atoms with E-state index in [0.29, 0.717) is 6.61 Å².